The third-order valence-corrected chi connectivity index (χ3v) is 5.08. The van der Waals surface area contributed by atoms with E-state index in [1.807, 2.05) is 0 Å². The van der Waals surface area contributed by atoms with Gasteiger partial charge in [-0.3, -0.25) is 14.8 Å². The van der Waals surface area contributed by atoms with Crippen LogP contribution in [0.4, 0.5) is 0 Å². The van der Waals surface area contributed by atoms with Crippen LogP contribution in [0, 0.1) is 0 Å². The number of benzene rings is 1. The van der Waals surface area contributed by atoms with Crippen LogP contribution in [0.1, 0.15) is 31.2 Å². The molecule has 3 rings (SSSR count). The Morgan fingerprint density at radius 3 is 2.64 bits per heavy atom. The van der Waals surface area contributed by atoms with Crippen molar-refractivity contribution >= 4 is 35.0 Å². The molecule has 1 aromatic carbocycles. The highest BCUT2D eigenvalue weighted by Crippen LogP contribution is 2.52. The Kier molecular flexibility index (Phi) is 4.05. The lowest BCUT2D eigenvalue weighted by atomic mass is 9.93. The Bertz CT molecular complexity index is 631. The van der Waals surface area contributed by atoms with E-state index in [0.29, 0.717) is 35.9 Å². The average molecular weight is 343 g/mol. The molecule has 1 aliphatic heterocycles. The van der Waals surface area contributed by atoms with Gasteiger partial charge in [-0.2, -0.15) is 0 Å². The first-order valence-corrected chi connectivity index (χ1v) is 7.96. The topological polar surface area (TPSA) is 69.6 Å². The fraction of sp³-hybridized carbons (Fsp3) is 0.467. The molecule has 2 aliphatic rings. The van der Waals surface area contributed by atoms with Crippen molar-refractivity contribution in [3.63, 3.8) is 0 Å². The SMILES string of the molecule is O=C(NO)C1CCCN1C(=O)C1(c2ccc(Cl)cc2Cl)CC1. The zero-order valence-corrected chi connectivity index (χ0v) is 13.3. The normalized spacial score (nSPS) is 22.5. The van der Waals surface area contributed by atoms with E-state index < -0.39 is 17.4 Å². The van der Waals surface area contributed by atoms with Crippen molar-refractivity contribution < 1.29 is 14.8 Å². The van der Waals surface area contributed by atoms with Gasteiger partial charge in [-0.1, -0.05) is 29.3 Å². The van der Waals surface area contributed by atoms with Crippen molar-refractivity contribution in [1.82, 2.24) is 10.4 Å². The van der Waals surface area contributed by atoms with E-state index in [4.69, 9.17) is 28.4 Å². The van der Waals surface area contributed by atoms with Crippen molar-refractivity contribution in [3.8, 4) is 0 Å². The molecule has 0 spiro atoms. The smallest absolute Gasteiger partial charge is 0.266 e. The molecule has 2 amide bonds. The highest BCUT2D eigenvalue weighted by Gasteiger charge is 2.55. The second kappa shape index (κ2) is 5.72. The van der Waals surface area contributed by atoms with Crippen molar-refractivity contribution in [2.24, 2.45) is 0 Å². The first-order chi connectivity index (χ1) is 10.5. The van der Waals surface area contributed by atoms with Crippen LogP contribution in [-0.2, 0) is 15.0 Å². The molecule has 1 unspecified atom stereocenters. The second-order valence-corrected chi connectivity index (χ2v) is 6.68. The van der Waals surface area contributed by atoms with E-state index in [9.17, 15) is 9.59 Å². The minimum Gasteiger partial charge on any atom is -0.330 e. The Balaban J connectivity index is 1.89. The zero-order chi connectivity index (χ0) is 15.9. The molecule has 7 heteroatoms. The summed E-state index contributed by atoms with van der Waals surface area (Å²) in [5.41, 5.74) is 1.76. The first-order valence-electron chi connectivity index (χ1n) is 7.20. The van der Waals surface area contributed by atoms with Crippen molar-refractivity contribution in [2.45, 2.75) is 37.1 Å². The highest BCUT2D eigenvalue weighted by molar-refractivity contribution is 6.35. The molecule has 2 N–H and O–H groups in total. The molecule has 2 fully saturated rings. The summed E-state index contributed by atoms with van der Waals surface area (Å²) in [6.07, 6.45) is 2.71. The number of rotatable bonds is 3. The van der Waals surface area contributed by atoms with Gasteiger partial charge in [-0.05, 0) is 43.4 Å². The van der Waals surface area contributed by atoms with Gasteiger partial charge in [-0.15, -0.1) is 0 Å². The van der Waals surface area contributed by atoms with Crippen LogP contribution in [0.2, 0.25) is 10.0 Å². The van der Waals surface area contributed by atoms with Crippen LogP contribution in [-0.4, -0.2) is 34.5 Å². The van der Waals surface area contributed by atoms with Gasteiger partial charge in [0.2, 0.25) is 5.91 Å². The molecule has 5 nitrogen and oxygen atoms in total. The fourth-order valence-electron chi connectivity index (χ4n) is 3.23. The minimum absolute atomic E-state index is 0.0946. The number of amides is 2. The number of hydrogen-bond donors (Lipinski definition) is 2. The third-order valence-electron chi connectivity index (χ3n) is 4.53. The Hall–Kier alpha value is -1.30. The Labute approximate surface area is 138 Å². The van der Waals surface area contributed by atoms with Gasteiger partial charge >= 0.3 is 0 Å². The Morgan fingerprint density at radius 1 is 1.32 bits per heavy atom. The Morgan fingerprint density at radius 2 is 2.05 bits per heavy atom. The van der Waals surface area contributed by atoms with E-state index >= 15 is 0 Å². The number of carbonyl (C=O) groups excluding carboxylic acids is 2. The predicted molar refractivity (Wildman–Crippen MR) is 82.0 cm³/mol. The number of hydrogen-bond acceptors (Lipinski definition) is 3. The second-order valence-electron chi connectivity index (χ2n) is 5.84. The first kappa shape index (κ1) is 15.6. The molecule has 0 bridgehead atoms. The quantitative estimate of drug-likeness (QED) is 0.655. The molecule has 1 aliphatic carbocycles. The summed E-state index contributed by atoms with van der Waals surface area (Å²) in [4.78, 5) is 26.3. The van der Waals surface area contributed by atoms with E-state index in [-0.39, 0.29) is 5.91 Å². The summed E-state index contributed by atoms with van der Waals surface area (Å²) >= 11 is 12.2. The maximum Gasteiger partial charge on any atom is 0.266 e. The molecule has 1 aromatic rings. The van der Waals surface area contributed by atoms with Crippen LogP contribution < -0.4 is 5.48 Å². The van der Waals surface area contributed by atoms with Crippen LogP contribution in [0.25, 0.3) is 0 Å². The van der Waals surface area contributed by atoms with Gasteiger partial charge in [0.1, 0.15) is 6.04 Å². The minimum atomic E-state index is -0.653. The summed E-state index contributed by atoms with van der Waals surface area (Å²) in [7, 11) is 0. The van der Waals surface area contributed by atoms with Gasteiger partial charge in [0.25, 0.3) is 5.91 Å². The lowest BCUT2D eigenvalue weighted by Crippen LogP contribution is -2.48. The molecular formula is C15H16Cl2N2O3. The molecule has 118 valence electrons. The number of likely N-dealkylation sites (tertiary alicyclic amines) is 1. The lowest BCUT2D eigenvalue weighted by Gasteiger charge is -2.28. The molecule has 0 aromatic heterocycles. The lowest BCUT2D eigenvalue weighted by molar-refractivity contribution is -0.143. The summed E-state index contributed by atoms with van der Waals surface area (Å²) in [6.45, 7) is 0.518. The number of carbonyl (C=O) groups is 2. The molecule has 1 saturated carbocycles. The van der Waals surface area contributed by atoms with Crippen molar-refractivity contribution in [1.29, 1.82) is 0 Å². The zero-order valence-electron chi connectivity index (χ0n) is 11.8. The van der Waals surface area contributed by atoms with Gasteiger partial charge in [-0.25, -0.2) is 5.48 Å². The standard InChI is InChI=1S/C15H16Cl2N2O3/c16-9-3-4-10(11(17)8-9)15(5-6-15)14(21)19-7-1-2-12(19)13(20)18-22/h3-4,8,12,22H,1-2,5-7H2,(H,18,20). The van der Waals surface area contributed by atoms with Gasteiger partial charge in [0, 0.05) is 16.6 Å². The summed E-state index contributed by atoms with van der Waals surface area (Å²) in [5.74, 6) is -0.633. The summed E-state index contributed by atoms with van der Waals surface area (Å²) in [5, 5.41) is 9.83. The largest absolute Gasteiger partial charge is 0.330 e. The summed E-state index contributed by atoms with van der Waals surface area (Å²) in [6, 6.07) is 4.53. The van der Waals surface area contributed by atoms with Gasteiger partial charge < -0.3 is 4.90 Å². The average Bonchev–Trinajstić information content (AvgIpc) is 3.14. The third kappa shape index (κ3) is 2.47. The van der Waals surface area contributed by atoms with E-state index in [0.717, 1.165) is 12.0 Å². The predicted octanol–water partition coefficient (Wildman–Crippen LogP) is 2.52. The maximum atomic E-state index is 13.0. The van der Waals surface area contributed by atoms with Crippen LogP contribution in [0.3, 0.4) is 0 Å². The van der Waals surface area contributed by atoms with Crippen LogP contribution in [0.5, 0.6) is 0 Å². The van der Waals surface area contributed by atoms with E-state index in [1.54, 1.807) is 28.6 Å². The molecule has 1 heterocycles. The molecule has 1 saturated heterocycles. The molecule has 0 radical (unpaired) electrons. The highest BCUT2D eigenvalue weighted by atomic mass is 35.5. The van der Waals surface area contributed by atoms with Gasteiger partial charge in [0.15, 0.2) is 0 Å². The van der Waals surface area contributed by atoms with Gasteiger partial charge in [0.05, 0.1) is 5.41 Å². The molecule has 22 heavy (non-hydrogen) atoms. The number of hydroxylamine groups is 1. The van der Waals surface area contributed by atoms with E-state index in [2.05, 4.69) is 0 Å². The maximum absolute atomic E-state index is 13.0. The molecular weight excluding hydrogens is 327 g/mol. The fourth-order valence-corrected chi connectivity index (χ4v) is 3.82. The number of halogens is 2. The van der Waals surface area contributed by atoms with Crippen molar-refractivity contribution in [2.75, 3.05) is 6.54 Å². The number of nitrogens with one attached hydrogen (secondary N) is 1. The van der Waals surface area contributed by atoms with E-state index in [1.165, 1.54) is 0 Å². The monoisotopic (exact) mass is 342 g/mol. The number of nitrogens with zero attached hydrogens (tertiary/aromatic N) is 1. The van der Waals surface area contributed by atoms with Crippen LogP contribution >= 0.6 is 23.2 Å². The molecule has 1 atom stereocenters. The summed E-state index contributed by atoms with van der Waals surface area (Å²) < 4.78 is 0. The van der Waals surface area contributed by atoms with Crippen LogP contribution in [0.15, 0.2) is 18.2 Å². The van der Waals surface area contributed by atoms with Crippen molar-refractivity contribution in [3.05, 3.63) is 33.8 Å².